The van der Waals surface area contributed by atoms with Crippen LogP contribution in [0.1, 0.15) is 0 Å². The van der Waals surface area contributed by atoms with Crippen molar-refractivity contribution in [3.63, 3.8) is 0 Å². The number of phosphoric acid groups is 1. The van der Waals surface area contributed by atoms with Gasteiger partial charge in [-0.3, -0.25) is 4.52 Å². The smallest absolute Gasteiger partial charge is 0.341 e. The van der Waals surface area contributed by atoms with Crippen LogP contribution in [0.3, 0.4) is 0 Å². The lowest BCUT2D eigenvalue weighted by atomic mass is 10.7. The fourth-order valence-corrected chi connectivity index (χ4v) is 1.06. The van der Waals surface area contributed by atoms with Crippen LogP contribution >= 0.6 is 7.82 Å². The van der Waals surface area contributed by atoms with E-state index in [9.17, 15) is 17.7 Å². The zero-order chi connectivity index (χ0) is 11.2. The quantitative estimate of drug-likeness (QED) is 0.544. The molecule has 78 valence electrons. The van der Waals surface area contributed by atoms with Crippen molar-refractivity contribution in [1.82, 2.24) is 0 Å². The van der Waals surface area contributed by atoms with Crippen LogP contribution in [0.15, 0.2) is 0 Å². The van der Waals surface area contributed by atoms with E-state index in [2.05, 4.69) is 26.4 Å². The Balaban J connectivity index is 4.34. The Kier molecular flexibility index (Phi) is 4.36. The van der Waals surface area contributed by atoms with E-state index in [0.29, 0.717) is 0 Å². The molecule has 0 aliphatic carbocycles. The fourth-order valence-electron chi connectivity index (χ4n) is 0.353. The molecular weight excluding hydrogens is 224 g/mol. The molecule has 8 heteroatoms. The molecule has 14 heavy (non-hydrogen) atoms. The molecule has 0 aromatic rings. The molecule has 0 unspecified atom stereocenters. The minimum Gasteiger partial charge on any atom is -0.341 e. The Morgan fingerprint density at radius 1 is 1.21 bits per heavy atom. The van der Waals surface area contributed by atoms with Gasteiger partial charge in [-0.15, -0.1) is 0 Å². The molecule has 0 spiro atoms. The highest BCUT2D eigenvalue weighted by molar-refractivity contribution is 7.48. The van der Waals surface area contributed by atoms with Gasteiger partial charge in [-0.25, -0.2) is 4.57 Å². The Morgan fingerprint density at radius 2 is 1.64 bits per heavy atom. The number of halogens is 3. The highest BCUT2D eigenvalue weighted by Crippen LogP contribution is 2.49. The number of alkyl halides is 3. The summed E-state index contributed by atoms with van der Waals surface area (Å²) in [6.07, 6.45) is 7.08. The SMILES string of the molecule is C#COP(=O)(OC#C)OCC(F)(F)F. The van der Waals surface area contributed by atoms with Gasteiger partial charge in [0.2, 0.25) is 0 Å². The van der Waals surface area contributed by atoms with Crippen LogP contribution in [0.4, 0.5) is 13.2 Å². The molecule has 0 saturated carbocycles. The van der Waals surface area contributed by atoms with Gasteiger partial charge in [0.05, 0.1) is 0 Å². The summed E-state index contributed by atoms with van der Waals surface area (Å²) in [4.78, 5) is 0. The van der Waals surface area contributed by atoms with Crippen molar-refractivity contribution in [3.05, 3.63) is 0 Å². The number of hydrogen-bond acceptors (Lipinski definition) is 4. The number of phosphoric ester groups is 1. The Labute approximate surface area is 77.9 Å². The molecule has 0 aliphatic rings. The van der Waals surface area contributed by atoms with Gasteiger partial charge in [0.25, 0.3) is 0 Å². The van der Waals surface area contributed by atoms with Crippen LogP contribution in [0.2, 0.25) is 0 Å². The lowest BCUT2D eigenvalue weighted by Crippen LogP contribution is -2.16. The van der Waals surface area contributed by atoms with Crippen LogP contribution < -0.4 is 0 Å². The molecule has 0 amide bonds. The highest BCUT2D eigenvalue weighted by Gasteiger charge is 2.37. The second-order valence-electron chi connectivity index (χ2n) is 1.75. The topological polar surface area (TPSA) is 44.8 Å². The van der Waals surface area contributed by atoms with E-state index in [1.807, 2.05) is 0 Å². The van der Waals surface area contributed by atoms with Gasteiger partial charge in [0, 0.05) is 0 Å². The third-order valence-corrected chi connectivity index (χ3v) is 1.82. The maximum absolute atomic E-state index is 11.6. The van der Waals surface area contributed by atoms with Gasteiger partial charge in [0.15, 0.2) is 6.61 Å². The molecule has 0 aromatic carbocycles. The summed E-state index contributed by atoms with van der Waals surface area (Å²) in [6.45, 7) is -1.84. The van der Waals surface area contributed by atoms with Crippen molar-refractivity contribution in [2.45, 2.75) is 6.18 Å². The van der Waals surface area contributed by atoms with Gasteiger partial charge < -0.3 is 9.05 Å². The molecule has 0 radical (unpaired) electrons. The largest absolute Gasteiger partial charge is 0.605 e. The average Bonchev–Trinajstić information content (AvgIpc) is 2.01. The first-order valence-electron chi connectivity index (χ1n) is 2.93. The highest BCUT2D eigenvalue weighted by atomic mass is 31.2. The summed E-state index contributed by atoms with van der Waals surface area (Å²) >= 11 is 0. The molecule has 0 aromatic heterocycles. The van der Waals surface area contributed by atoms with Crippen LogP contribution in [0, 0.1) is 25.1 Å². The Morgan fingerprint density at radius 3 is 1.93 bits per heavy atom. The molecule has 0 heterocycles. The first-order chi connectivity index (χ1) is 6.33. The van der Waals surface area contributed by atoms with E-state index in [1.54, 1.807) is 0 Å². The van der Waals surface area contributed by atoms with Crippen molar-refractivity contribution in [1.29, 1.82) is 0 Å². The monoisotopic (exact) mass is 228 g/mol. The summed E-state index contributed by atoms with van der Waals surface area (Å²) < 4.78 is 57.3. The van der Waals surface area contributed by atoms with E-state index in [4.69, 9.17) is 0 Å². The maximum Gasteiger partial charge on any atom is 0.605 e. The lowest BCUT2D eigenvalue weighted by molar-refractivity contribution is -0.156. The van der Waals surface area contributed by atoms with Crippen molar-refractivity contribution in [2.75, 3.05) is 6.61 Å². The molecule has 0 atom stereocenters. The van der Waals surface area contributed by atoms with Crippen LogP contribution in [-0.2, 0) is 18.1 Å². The van der Waals surface area contributed by atoms with Gasteiger partial charge in [-0.1, -0.05) is 12.8 Å². The van der Waals surface area contributed by atoms with Crippen molar-refractivity contribution in [3.8, 4) is 25.1 Å². The molecule has 0 saturated heterocycles. The van der Waals surface area contributed by atoms with Gasteiger partial charge in [-0.05, 0) is 0 Å². The summed E-state index contributed by atoms with van der Waals surface area (Å²) in [5.74, 6) is 0. The van der Waals surface area contributed by atoms with E-state index in [1.165, 1.54) is 12.2 Å². The molecular formula is C6H4F3O4P. The molecule has 0 aliphatic heterocycles. The molecule has 0 bridgehead atoms. The fraction of sp³-hybridized carbons (Fsp3) is 0.333. The number of rotatable bonds is 4. The first kappa shape index (κ1) is 12.7. The van der Waals surface area contributed by atoms with Crippen LogP contribution in [0.5, 0.6) is 0 Å². The predicted octanol–water partition coefficient (Wildman–Crippen LogP) is 1.89. The second kappa shape index (κ2) is 4.80. The Bertz CT molecular complexity index is 291. The van der Waals surface area contributed by atoms with E-state index in [-0.39, 0.29) is 0 Å². The summed E-state index contributed by atoms with van der Waals surface area (Å²) in [6, 6.07) is 0. The van der Waals surface area contributed by atoms with E-state index >= 15 is 0 Å². The zero-order valence-corrected chi connectivity index (χ0v) is 7.47. The third-order valence-electron chi connectivity index (χ3n) is 0.715. The lowest BCUT2D eigenvalue weighted by Gasteiger charge is -2.12. The summed E-state index contributed by atoms with van der Waals surface area (Å²) in [5.41, 5.74) is 0. The molecule has 0 N–H and O–H groups in total. The van der Waals surface area contributed by atoms with Crippen LogP contribution in [0.25, 0.3) is 0 Å². The minimum absolute atomic E-state index is 1.35. The van der Waals surface area contributed by atoms with E-state index in [0.717, 1.165) is 0 Å². The zero-order valence-electron chi connectivity index (χ0n) is 6.58. The van der Waals surface area contributed by atoms with Crippen LogP contribution in [-0.4, -0.2) is 12.8 Å². The third kappa shape index (κ3) is 5.36. The van der Waals surface area contributed by atoms with Crippen molar-refractivity contribution in [2.24, 2.45) is 0 Å². The predicted molar refractivity (Wildman–Crippen MR) is 39.4 cm³/mol. The summed E-state index contributed by atoms with van der Waals surface area (Å²) in [7, 11) is -4.51. The normalized spacial score (nSPS) is 11.2. The second-order valence-corrected chi connectivity index (χ2v) is 3.27. The molecule has 0 fully saturated rings. The Hall–Kier alpha value is -1.30. The summed E-state index contributed by atoms with van der Waals surface area (Å²) in [5, 5.41) is 0. The molecule has 4 nitrogen and oxygen atoms in total. The minimum atomic E-state index is -4.69. The van der Waals surface area contributed by atoms with Crippen molar-refractivity contribution < 1.29 is 31.3 Å². The van der Waals surface area contributed by atoms with Gasteiger partial charge >= 0.3 is 14.0 Å². The van der Waals surface area contributed by atoms with Gasteiger partial charge in [0.1, 0.15) is 12.2 Å². The molecule has 0 rings (SSSR count). The maximum atomic E-state index is 11.6. The standard InChI is InChI=1S/C6H4F3O4P/c1-3-11-14(10,12-4-2)13-5-6(7,8)9/h1-2H,5H2. The van der Waals surface area contributed by atoms with Crippen molar-refractivity contribution >= 4 is 7.82 Å². The van der Waals surface area contributed by atoms with Gasteiger partial charge in [-0.2, -0.15) is 13.2 Å². The first-order valence-corrected chi connectivity index (χ1v) is 4.39. The number of terminal acetylenes is 2. The van der Waals surface area contributed by atoms with E-state index < -0.39 is 20.6 Å². The number of hydrogen-bond donors (Lipinski definition) is 0. The average molecular weight is 228 g/mol.